The van der Waals surface area contributed by atoms with Crippen molar-refractivity contribution in [2.75, 3.05) is 18.5 Å². The molecule has 2 aromatic rings. The van der Waals surface area contributed by atoms with Crippen molar-refractivity contribution >= 4 is 11.6 Å². The van der Waals surface area contributed by atoms with Gasteiger partial charge < -0.3 is 19.8 Å². The van der Waals surface area contributed by atoms with Crippen LogP contribution in [0.25, 0.3) is 0 Å². The number of hydrogen-bond acceptors (Lipinski definition) is 4. The maximum atomic E-state index is 11.8. The van der Waals surface area contributed by atoms with Gasteiger partial charge in [-0.25, -0.2) is 0 Å². The second-order valence-electron chi connectivity index (χ2n) is 4.98. The molecule has 0 aliphatic carbocycles. The van der Waals surface area contributed by atoms with E-state index in [2.05, 4.69) is 17.2 Å². The lowest BCUT2D eigenvalue weighted by atomic mass is 10.3. The van der Waals surface area contributed by atoms with Gasteiger partial charge in [-0.3, -0.25) is 4.79 Å². The van der Waals surface area contributed by atoms with E-state index in [1.165, 1.54) is 0 Å². The molecule has 1 heterocycles. The van der Waals surface area contributed by atoms with Gasteiger partial charge in [-0.15, -0.1) is 0 Å². The number of benzene rings is 1. The van der Waals surface area contributed by atoms with E-state index in [0.29, 0.717) is 13.2 Å². The first-order valence-corrected chi connectivity index (χ1v) is 7.03. The van der Waals surface area contributed by atoms with Gasteiger partial charge in [0.15, 0.2) is 0 Å². The second kappa shape index (κ2) is 7.93. The van der Waals surface area contributed by atoms with Gasteiger partial charge >= 0.3 is 0 Å². The number of ether oxygens (including phenoxy) is 1. The Labute approximate surface area is 130 Å². The smallest absolute Gasteiger partial charge is 0.239 e. The summed E-state index contributed by atoms with van der Waals surface area (Å²) in [6.45, 7) is 6.75. The highest BCUT2D eigenvalue weighted by molar-refractivity contribution is 5.80. The fourth-order valence-electron chi connectivity index (χ4n) is 1.75. The third-order valence-corrected chi connectivity index (χ3v) is 2.81. The van der Waals surface area contributed by atoms with E-state index in [0.717, 1.165) is 22.8 Å². The van der Waals surface area contributed by atoms with Crippen LogP contribution in [-0.4, -0.2) is 19.1 Å². The topological polar surface area (TPSA) is 63.5 Å². The van der Waals surface area contributed by atoms with Gasteiger partial charge in [0.05, 0.1) is 19.4 Å². The van der Waals surface area contributed by atoms with Crippen molar-refractivity contribution in [1.82, 2.24) is 5.32 Å². The zero-order valence-corrected chi connectivity index (χ0v) is 12.6. The number of hydrogen-bond donors (Lipinski definition) is 2. The molecule has 0 aliphatic heterocycles. The molecular formula is C17H20N2O3. The summed E-state index contributed by atoms with van der Waals surface area (Å²) in [7, 11) is 0. The lowest BCUT2D eigenvalue weighted by molar-refractivity contribution is -0.119. The normalized spacial score (nSPS) is 10.0. The van der Waals surface area contributed by atoms with Crippen LogP contribution in [0, 0.1) is 0 Å². The summed E-state index contributed by atoms with van der Waals surface area (Å²) in [6, 6.07) is 11.1. The summed E-state index contributed by atoms with van der Waals surface area (Å²) in [5.41, 5.74) is 1.78. The van der Waals surface area contributed by atoms with Gasteiger partial charge in [-0.1, -0.05) is 12.6 Å². The summed E-state index contributed by atoms with van der Waals surface area (Å²) in [4.78, 5) is 11.8. The first-order chi connectivity index (χ1) is 10.6. The van der Waals surface area contributed by atoms with Gasteiger partial charge in [0.25, 0.3) is 0 Å². The van der Waals surface area contributed by atoms with E-state index in [1.54, 1.807) is 12.3 Å². The Hall–Kier alpha value is -2.69. The van der Waals surface area contributed by atoms with Crippen molar-refractivity contribution in [2.24, 2.45) is 0 Å². The highest BCUT2D eigenvalue weighted by Crippen LogP contribution is 2.17. The van der Waals surface area contributed by atoms with E-state index in [-0.39, 0.29) is 12.5 Å². The third-order valence-electron chi connectivity index (χ3n) is 2.81. The fourth-order valence-corrected chi connectivity index (χ4v) is 1.75. The quantitative estimate of drug-likeness (QED) is 0.736. The summed E-state index contributed by atoms with van der Waals surface area (Å²) < 4.78 is 10.7. The van der Waals surface area contributed by atoms with Crippen LogP contribution >= 0.6 is 0 Å². The average Bonchev–Trinajstić information content (AvgIpc) is 3.03. The van der Waals surface area contributed by atoms with Crippen LogP contribution in [0.5, 0.6) is 5.75 Å². The molecule has 0 bridgehead atoms. The number of nitrogens with one attached hydrogen (secondary N) is 2. The van der Waals surface area contributed by atoms with Crippen LogP contribution in [0.15, 0.2) is 59.2 Å². The molecule has 5 heteroatoms. The number of carbonyl (C=O) groups is 1. The number of rotatable bonds is 8. The Balaban J connectivity index is 1.76. The van der Waals surface area contributed by atoms with Crippen LogP contribution in [-0.2, 0) is 11.3 Å². The summed E-state index contributed by atoms with van der Waals surface area (Å²) in [6.07, 6.45) is 1.58. The molecule has 0 saturated heterocycles. The van der Waals surface area contributed by atoms with Crippen molar-refractivity contribution in [3.8, 4) is 5.75 Å². The molecule has 2 rings (SSSR count). The van der Waals surface area contributed by atoms with Crippen molar-refractivity contribution in [3.63, 3.8) is 0 Å². The summed E-state index contributed by atoms with van der Waals surface area (Å²) in [5, 5.41) is 5.83. The molecule has 5 nitrogen and oxygen atoms in total. The lowest BCUT2D eigenvalue weighted by Crippen LogP contribution is -2.29. The third kappa shape index (κ3) is 5.36. The first-order valence-electron chi connectivity index (χ1n) is 7.03. The molecule has 0 atom stereocenters. The standard InChI is InChI=1S/C17H20N2O3/c1-13(2)12-22-15-6-3-5-14(9-15)18-11-17(20)19-10-16-7-4-8-21-16/h3-9,18H,1,10-12H2,2H3,(H,19,20). The fraction of sp³-hybridized carbons (Fsp3) is 0.235. The predicted octanol–water partition coefficient (Wildman–Crippen LogP) is 2.96. The Bertz CT molecular complexity index is 621. The minimum absolute atomic E-state index is 0.107. The Kier molecular flexibility index (Phi) is 5.65. The number of carbonyl (C=O) groups excluding carboxylic acids is 1. The molecule has 116 valence electrons. The molecule has 0 saturated carbocycles. The maximum absolute atomic E-state index is 11.8. The van der Waals surface area contributed by atoms with E-state index in [4.69, 9.17) is 9.15 Å². The van der Waals surface area contributed by atoms with E-state index in [1.807, 2.05) is 37.3 Å². The Morgan fingerprint density at radius 1 is 1.32 bits per heavy atom. The predicted molar refractivity (Wildman–Crippen MR) is 85.8 cm³/mol. The molecule has 0 fully saturated rings. The Morgan fingerprint density at radius 3 is 2.91 bits per heavy atom. The van der Waals surface area contributed by atoms with E-state index in [9.17, 15) is 4.79 Å². The van der Waals surface area contributed by atoms with Gasteiger partial charge in [0, 0.05) is 11.8 Å². The first kappa shape index (κ1) is 15.7. The van der Waals surface area contributed by atoms with E-state index >= 15 is 0 Å². The zero-order valence-electron chi connectivity index (χ0n) is 12.6. The maximum Gasteiger partial charge on any atom is 0.239 e. The molecule has 0 aliphatic rings. The van der Waals surface area contributed by atoms with Crippen molar-refractivity contribution in [3.05, 3.63) is 60.6 Å². The Morgan fingerprint density at radius 2 is 2.18 bits per heavy atom. The van der Waals surface area contributed by atoms with Gasteiger partial charge in [-0.05, 0) is 36.8 Å². The lowest BCUT2D eigenvalue weighted by Gasteiger charge is -2.10. The number of anilines is 1. The minimum Gasteiger partial charge on any atom is -0.489 e. The SMILES string of the molecule is C=C(C)COc1cccc(NCC(=O)NCc2ccco2)c1. The molecule has 0 spiro atoms. The van der Waals surface area contributed by atoms with Gasteiger partial charge in [0.2, 0.25) is 5.91 Å². The van der Waals surface area contributed by atoms with Crippen molar-refractivity contribution in [1.29, 1.82) is 0 Å². The molecule has 22 heavy (non-hydrogen) atoms. The molecule has 1 aromatic carbocycles. The van der Waals surface area contributed by atoms with Crippen LogP contribution in [0.2, 0.25) is 0 Å². The highest BCUT2D eigenvalue weighted by Gasteiger charge is 2.03. The minimum atomic E-state index is -0.107. The van der Waals surface area contributed by atoms with Gasteiger partial charge in [-0.2, -0.15) is 0 Å². The molecule has 1 aromatic heterocycles. The van der Waals surface area contributed by atoms with Crippen molar-refractivity contribution < 1.29 is 13.9 Å². The monoisotopic (exact) mass is 300 g/mol. The summed E-state index contributed by atoms with van der Waals surface area (Å²) in [5.74, 6) is 1.36. The highest BCUT2D eigenvalue weighted by atomic mass is 16.5. The zero-order chi connectivity index (χ0) is 15.8. The molecule has 2 N–H and O–H groups in total. The summed E-state index contributed by atoms with van der Waals surface area (Å²) >= 11 is 0. The molecular weight excluding hydrogens is 280 g/mol. The molecule has 0 radical (unpaired) electrons. The largest absolute Gasteiger partial charge is 0.489 e. The van der Waals surface area contributed by atoms with E-state index < -0.39 is 0 Å². The van der Waals surface area contributed by atoms with Crippen LogP contribution in [0.3, 0.4) is 0 Å². The number of furan rings is 1. The van der Waals surface area contributed by atoms with Crippen LogP contribution < -0.4 is 15.4 Å². The average molecular weight is 300 g/mol. The van der Waals surface area contributed by atoms with Gasteiger partial charge in [0.1, 0.15) is 18.1 Å². The number of amides is 1. The molecule has 0 unspecified atom stereocenters. The van der Waals surface area contributed by atoms with Crippen LogP contribution in [0.4, 0.5) is 5.69 Å². The molecule has 1 amide bonds. The second-order valence-corrected chi connectivity index (χ2v) is 4.98. The van der Waals surface area contributed by atoms with Crippen LogP contribution in [0.1, 0.15) is 12.7 Å². The van der Waals surface area contributed by atoms with Crippen molar-refractivity contribution in [2.45, 2.75) is 13.5 Å².